The largest absolute Gasteiger partial charge is 0.481 e. The van der Waals surface area contributed by atoms with Crippen molar-refractivity contribution >= 4 is 0 Å². The Labute approximate surface area is 65.9 Å². The lowest BCUT2D eigenvalue weighted by Gasteiger charge is -2.12. The molecule has 0 aromatic carbocycles. The van der Waals surface area contributed by atoms with E-state index in [1.165, 1.54) is 7.11 Å². The van der Waals surface area contributed by atoms with Crippen LogP contribution in [0.15, 0.2) is 36.1 Å². The van der Waals surface area contributed by atoms with Crippen LogP contribution in [0.25, 0.3) is 0 Å². The monoisotopic (exact) mass is 153 g/mol. The summed E-state index contributed by atoms with van der Waals surface area (Å²) in [4.78, 5) is 1.88. The molecule has 0 amide bonds. The van der Waals surface area contributed by atoms with Crippen molar-refractivity contribution in [3.63, 3.8) is 0 Å². The fraction of sp³-hybridized carbons (Fsp3) is 0.250. The summed E-state index contributed by atoms with van der Waals surface area (Å²) in [6.07, 6.45) is 7.23. The van der Waals surface area contributed by atoms with Gasteiger partial charge >= 0.3 is 0 Å². The fourth-order valence-corrected chi connectivity index (χ4v) is 0.761. The van der Waals surface area contributed by atoms with Crippen molar-refractivity contribution in [1.82, 2.24) is 4.90 Å². The van der Waals surface area contributed by atoms with Gasteiger partial charge in [0.1, 0.15) is 0 Å². The molecule has 1 N–H and O–H groups in total. The normalized spacial score (nSPS) is 15.5. The molecule has 3 nitrogen and oxygen atoms in total. The lowest BCUT2D eigenvalue weighted by molar-refractivity contribution is 0.133. The third-order valence-electron chi connectivity index (χ3n) is 1.42. The summed E-state index contributed by atoms with van der Waals surface area (Å²) in [5.41, 5.74) is 0.686. The molecule has 1 aliphatic heterocycles. The highest BCUT2D eigenvalue weighted by Crippen LogP contribution is 2.11. The average molecular weight is 153 g/mol. The first kappa shape index (κ1) is 7.72. The van der Waals surface area contributed by atoms with E-state index in [1.807, 2.05) is 24.3 Å². The van der Waals surface area contributed by atoms with E-state index in [9.17, 15) is 0 Å². The predicted octanol–water partition coefficient (Wildman–Crippen LogP) is 1.38. The van der Waals surface area contributed by atoms with Crippen LogP contribution in [-0.2, 0) is 4.74 Å². The molecule has 0 saturated heterocycles. The van der Waals surface area contributed by atoms with Crippen molar-refractivity contribution in [2.45, 2.75) is 0 Å². The number of ether oxygens (including phenoxy) is 1. The number of aliphatic hydroxyl groups excluding tert-OH is 1. The highest BCUT2D eigenvalue weighted by molar-refractivity contribution is 5.33. The second kappa shape index (κ2) is 3.14. The van der Waals surface area contributed by atoms with E-state index in [2.05, 4.69) is 4.74 Å². The molecule has 0 fully saturated rings. The third kappa shape index (κ3) is 1.77. The minimum absolute atomic E-state index is 0.0504. The van der Waals surface area contributed by atoms with Crippen molar-refractivity contribution < 1.29 is 9.84 Å². The van der Waals surface area contributed by atoms with Crippen molar-refractivity contribution in [1.29, 1.82) is 0 Å². The quantitative estimate of drug-likeness (QED) is 0.577. The third-order valence-corrected chi connectivity index (χ3v) is 1.42. The molecule has 3 heteroatoms. The zero-order valence-electron chi connectivity index (χ0n) is 6.61. The molecular formula is C8H11NO2. The Morgan fingerprint density at radius 1 is 1.45 bits per heavy atom. The van der Waals surface area contributed by atoms with Gasteiger partial charge in [-0.3, -0.25) is 0 Å². The van der Waals surface area contributed by atoms with Crippen LogP contribution in [-0.4, -0.2) is 24.2 Å². The Morgan fingerprint density at radius 2 is 2.00 bits per heavy atom. The Hall–Kier alpha value is -1.38. The standard InChI is InChI=1S/C8H11NO2/c1-9-5-3-7(4-6-9)8(10)11-2/h3-6,10H,1-2H3. The molecule has 11 heavy (non-hydrogen) atoms. The molecule has 0 atom stereocenters. The summed E-state index contributed by atoms with van der Waals surface area (Å²) >= 11 is 0. The molecule has 0 saturated carbocycles. The van der Waals surface area contributed by atoms with Crippen molar-refractivity contribution in [2.75, 3.05) is 14.2 Å². The zero-order valence-corrected chi connectivity index (χ0v) is 6.61. The van der Waals surface area contributed by atoms with Gasteiger partial charge < -0.3 is 14.7 Å². The molecule has 60 valence electrons. The van der Waals surface area contributed by atoms with Crippen LogP contribution in [0.3, 0.4) is 0 Å². The number of allylic oxidation sites excluding steroid dienone is 3. The second-order valence-electron chi connectivity index (χ2n) is 2.26. The molecule has 0 aromatic heterocycles. The summed E-state index contributed by atoms with van der Waals surface area (Å²) in [7, 11) is 3.34. The van der Waals surface area contributed by atoms with Crippen molar-refractivity contribution in [2.24, 2.45) is 0 Å². The fourth-order valence-electron chi connectivity index (χ4n) is 0.761. The van der Waals surface area contributed by atoms with Crippen molar-refractivity contribution in [3.8, 4) is 0 Å². The maximum Gasteiger partial charge on any atom is 0.284 e. The molecule has 0 aromatic rings. The molecule has 1 rings (SSSR count). The van der Waals surface area contributed by atoms with Gasteiger partial charge in [-0.2, -0.15) is 0 Å². The van der Waals surface area contributed by atoms with Crippen LogP contribution in [0.5, 0.6) is 0 Å². The lowest BCUT2D eigenvalue weighted by Crippen LogP contribution is -2.04. The highest BCUT2D eigenvalue weighted by atomic mass is 16.6. The number of rotatable bonds is 1. The molecule has 0 radical (unpaired) electrons. The number of aliphatic hydroxyl groups is 1. The van der Waals surface area contributed by atoms with E-state index in [0.29, 0.717) is 5.57 Å². The van der Waals surface area contributed by atoms with E-state index in [4.69, 9.17) is 5.11 Å². The molecule has 0 unspecified atom stereocenters. The SMILES string of the molecule is COC(O)=C1C=CN(C)C=C1. The summed E-state index contributed by atoms with van der Waals surface area (Å²) in [5.74, 6) is -0.0504. The lowest BCUT2D eigenvalue weighted by atomic mass is 10.2. The first-order valence-corrected chi connectivity index (χ1v) is 3.29. The van der Waals surface area contributed by atoms with E-state index >= 15 is 0 Å². The topological polar surface area (TPSA) is 32.7 Å². The first-order chi connectivity index (χ1) is 5.24. The summed E-state index contributed by atoms with van der Waals surface area (Å²) < 4.78 is 4.64. The highest BCUT2D eigenvalue weighted by Gasteiger charge is 2.01. The van der Waals surface area contributed by atoms with E-state index in [0.717, 1.165) is 0 Å². The molecule has 0 bridgehead atoms. The van der Waals surface area contributed by atoms with Gasteiger partial charge in [-0.25, -0.2) is 0 Å². The van der Waals surface area contributed by atoms with Crippen LogP contribution >= 0.6 is 0 Å². The minimum atomic E-state index is -0.0504. The Balaban J connectivity index is 2.79. The number of hydrogen-bond acceptors (Lipinski definition) is 3. The van der Waals surface area contributed by atoms with Gasteiger partial charge in [0.25, 0.3) is 5.95 Å². The first-order valence-electron chi connectivity index (χ1n) is 3.29. The Bertz CT molecular complexity index is 212. The maximum absolute atomic E-state index is 9.11. The van der Waals surface area contributed by atoms with Gasteiger partial charge in [-0.05, 0) is 12.2 Å². The Morgan fingerprint density at radius 3 is 2.45 bits per heavy atom. The average Bonchev–Trinajstić information content (AvgIpc) is 2.05. The number of hydrogen-bond donors (Lipinski definition) is 1. The van der Waals surface area contributed by atoms with E-state index in [1.54, 1.807) is 12.2 Å². The summed E-state index contributed by atoms with van der Waals surface area (Å²) in [6, 6.07) is 0. The molecule has 1 aliphatic rings. The molecule has 0 aliphatic carbocycles. The van der Waals surface area contributed by atoms with Gasteiger partial charge in [0, 0.05) is 19.4 Å². The second-order valence-corrected chi connectivity index (χ2v) is 2.26. The van der Waals surface area contributed by atoms with Crippen LogP contribution in [0, 0.1) is 0 Å². The minimum Gasteiger partial charge on any atom is -0.481 e. The van der Waals surface area contributed by atoms with Crippen LogP contribution in [0.4, 0.5) is 0 Å². The van der Waals surface area contributed by atoms with E-state index < -0.39 is 0 Å². The van der Waals surface area contributed by atoms with Crippen LogP contribution in [0.1, 0.15) is 0 Å². The van der Waals surface area contributed by atoms with Crippen LogP contribution in [0.2, 0.25) is 0 Å². The van der Waals surface area contributed by atoms with Gasteiger partial charge in [0.2, 0.25) is 0 Å². The van der Waals surface area contributed by atoms with Crippen LogP contribution < -0.4 is 0 Å². The smallest absolute Gasteiger partial charge is 0.284 e. The summed E-state index contributed by atoms with van der Waals surface area (Å²) in [5, 5.41) is 9.11. The molecular weight excluding hydrogens is 142 g/mol. The zero-order chi connectivity index (χ0) is 8.27. The predicted molar refractivity (Wildman–Crippen MR) is 42.7 cm³/mol. The maximum atomic E-state index is 9.11. The molecule has 1 heterocycles. The van der Waals surface area contributed by atoms with E-state index in [-0.39, 0.29) is 5.95 Å². The Kier molecular flexibility index (Phi) is 2.21. The van der Waals surface area contributed by atoms with Gasteiger partial charge in [-0.15, -0.1) is 0 Å². The number of methoxy groups -OCH3 is 1. The number of nitrogens with zero attached hydrogens (tertiary/aromatic N) is 1. The molecule has 0 spiro atoms. The van der Waals surface area contributed by atoms with Gasteiger partial charge in [-0.1, -0.05) is 0 Å². The van der Waals surface area contributed by atoms with Gasteiger partial charge in [0.05, 0.1) is 12.7 Å². The van der Waals surface area contributed by atoms with Gasteiger partial charge in [0.15, 0.2) is 0 Å². The summed E-state index contributed by atoms with van der Waals surface area (Å²) in [6.45, 7) is 0. The van der Waals surface area contributed by atoms with Crippen molar-refractivity contribution in [3.05, 3.63) is 36.1 Å².